The van der Waals surface area contributed by atoms with Gasteiger partial charge in [0.15, 0.2) is 0 Å². The van der Waals surface area contributed by atoms with Crippen LogP contribution in [0.4, 0.5) is 10.1 Å². The molecule has 0 unspecified atom stereocenters. The molecule has 5 rings (SSSR count). The molecule has 0 fully saturated rings. The lowest BCUT2D eigenvalue weighted by Crippen LogP contribution is -2.42. The van der Waals surface area contributed by atoms with Crippen molar-refractivity contribution in [3.63, 3.8) is 0 Å². The summed E-state index contributed by atoms with van der Waals surface area (Å²) in [5, 5.41) is 5.93. The van der Waals surface area contributed by atoms with Crippen molar-refractivity contribution in [2.24, 2.45) is 4.99 Å². The number of carbonyl (C=O) groups excluding carboxylic acids is 2. The van der Waals surface area contributed by atoms with E-state index in [1.165, 1.54) is 30.7 Å². The van der Waals surface area contributed by atoms with Crippen molar-refractivity contribution in [2.45, 2.75) is 12.8 Å². The molecule has 2 aromatic heterocycles. The molecule has 0 spiro atoms. The monoisotopic (exact) mass is 584 g/mol. The fourth-order valence-electron chi connectivity index (χ4n) is 3.78. The fraction of sp³-hybridized carbons (Fsp3) is 0.0769. The number of benzodiazepines with no additional fused rings is 1. The summed E-state index contributed by atoms with van der Waals surface area (Å²) in [5.41, 5.74) is 1.67. The Morgan fingerprint density at radius 1 is 1.05 bits per heavy atom. The van der Waals surface area contributed by atoms with Gasteiger partial charge in [-0.05, 0) is 24.3 Å². The number of halogens is 4. The highest BCUT2D eigenvalue weighted by atomic mass is 35.5. The van der Waals surface area contributed by atoms with Crippen molar-refractivity contribution in [1.29, 1.82) is 0 Å². The molecule has 2 aromatic carbocycles. The number of amides is 2. The van der Waals surface area contributed by atoms with E-state index >= 15 is 0 Å². The first-order valence-corrected chi connectivity index (χ1v) is 12.4. The van der Waals surface area contributed by atoms with Gasteiger partial charge in [-0.3, -0.25) is 19.6 Å². The Hall–Kier alpha value is -4.12. The first-order chi connectivity index (χ1) is 18.8. The topological polar surface area (TPSA) is 118 Å². The van der Waals surface area contributed by atoms with E-state index < -0.39 is 23.8 Å². The van der Waals surface area contributed by atoms with Gasteiger partial charge in [0, 0.05) is 28.5 Å². The number of anilines is 1. The van der Waals surface area contributed by atoms with Crippen LogP contribution >= 0.6 is 34.8 Å². The van der Waals surface area contributed by atoms with E-state index in [1.807, 2.05) is 0 Å². The maximum absolute atomic E-state index is 14.1. The molecule has 4 aromatic rings. The lowest BCUT2D eigenvalue weighted by Gasteiger charge is -2.16. The second kappa shape index (κ2) is 11.3. The van der Waals surface area contributed by atoms with Crippen molar-refractivity contribution < 1.29 is 18.7 Å². The number of hydrogen-bond acceptors (Lipinski definition) is 7. The van der Waals surface area contributed by atoms with E-state index in [4.69, 9.17) is 39.5 Å². The Balaban J connectivity index is 1.51. The van der Waals surface area contributed by atoms with Gasteiger partial charge >= 0.3 is 0 Å². The van der Waals surface area contributed by atoms with Crippen LogP contribution in [-0.4, -0.2) is 38.6 Å². The number of pyridine rings is 1. The molecule has 13 heteroatoms. The van der Waals surface area contributed by atoms with Crippen molar-refractivity contribution in [2.75, 3.05) is 5.32 Å². The third-order valence-corrected chi connectivity index (χ3v) is 6.31. The summed E-state index contributed by atoms with van der Waals surface area (Å²) in [7, 11) is 0. The maximum Gasteiger partial charge on any atom is 0.269 e. The number of nitrogens with one attached hydrogen (secondary N) is 2. The molecule has 0 radical (unpaired) electrons. The average Bonchev–Trinajstić information content (AvgIpc) is 3.04. The van der Waals surface area contributed by atoms with Crippen LogP contribution in [0.1, 0.15) is 27.2 Å². The molecule has 0 saturated carbocycles. The Morgan fingerprint density at radius 2 is 1.82 bits per heavy atom. The third kappa shape index (κ3) is 5.83. The van der Waals surface area contributed by atoms with Crippen LogP contribution in [0.2, 0.25) is 15.1 Å². The number of fused-ring (bicyclic) bond motifs is 1. The van der Waals surface area contributed by atoms with Crippen LogP contribution in [0.15, 0.2) is 72.2 Å². The summed E-state index contributed by atoms with van der Waals surface area (Å²) in [6, 6.07) is 10.8. The summed E-state index contributed by atoms with van der Waals surface area (Å²) in [6.07, 6.45) is 3.88. The van der Waals surface area contributed by atoms with Gasteiger partial charge in [-0.1, -0.05) is 53.0 Å². The molecule has 39 heavy (non-hydrogen) atoms. The first-order valence-electron chi connectivity index (χ1n) is 11.3. The van der Waals surface area contributed by atoms with E-state index in [2.05, 4.69) is 30.6 Å². The predicted molar refractivity (Wildman–Crippen MR) is 144 cm³/mol. The Bertz CT molecular complexity index is 1600. The molecular weight excluding hydrogens is 570 g/mol. The zero-order chi connectivity index (χ0) is 27.5. The van der Waals surface area contributed by atoms with Gasteiger partial charge in [-0.2, -0.15) is 0 Å². The van der Waals surface area contributed by atoms with Crippen molar-refractivity contribution >= 4 is 58.0 Å². The van der Waals surface area contributed by atoms with E-state index in [9.17, 15) is 14.0 Å². The number of aromatic nitrogens is 3. The normalized spacial score (nSPS) is 14.5. The van der Waals surface area contributed by atoms with Gasteiger partial charge < -0.3 is 15.4 Å². The molecule has 196 valence electrons. The minimum Gasteiger partial charge on any atom is -0.471 e. The van der Waals surface area contributed by atoms with Gasteiger partial charge in [0.25, 0.3) is 11.8 Å². The van der Waals surface area contributed by atoms with Crippen LogP contribution in [0.3, 0.4) is 0 Å². The van der Waals surface area contributed by atoms with Crippen molar-refractivity contribution in [1.82, 2.24) is 20.3 Å². The third-order valence-electron chi connectivity index (χ3n) is 5.49. The number of benzene rings is 2. The van der Waals surface area contributed by atoms with Crippen LogP contribution in [-0.2, 0) is 11.4 Å². The Kier molecular flexibility index (Phi) is 7.69. The smallest absolute Gasteiger partial charge is 0.269 e. The number of carbonyl (C=O) groups is 2. The van der Waals surface area contributed by atoms with Gasteiger partial charge in [0.2, 0.25) is 12.0 Å². The second-order valence-corrected chi connectivity index (χ2v) is 9.38. The number of rotatable bonds is 6. The van der Waals surface area contributed by atoms with Gasteiger partial charge in [-0.15, -0.1) is 0 Å². The molecule has 2 N–H and O–H groups in total. The molecule has 9 nitrogen and oxygen atoms in total. The van der Waals surface area contributed by atoms with E-state index in [0.29, 0.717) is 27.5 Å². The zero-order valence-electron chi connectivity index (χ0n) is 19.7. The molecular formula is C26H16Cl3FN6O3. The number of aliphatic imine (C=N–C) groups is 1. The minimum atomic E-state index is -1.46. The fourth-order valence-corrected chi connectivity index (χ4v) is 4.77. The van der Waals surface area contributed by atoms with E-state index in [1.54, 1.807) is 24.3 Å². The van der Waals surface area contributed by atoms with Crippen LogP contribution < -0.4 is 15.4 Å². The van der Waals surface area contributed by atoms with Crippen LogP contribution in [0, 0.1) is 5.82 Å². The largest absolute Gasteiger partial charge is 0.471 e. The molecule has 1 aliphatic heterocycles. The van der Waals surface area contributed by atoms with Crippen molar-refractivity contribution in [3.05, 3.63) is 111 Å². The van der Waals surface area contributed by atoms with E-state index in [0.717, 1.165) is 12.3 Å². The summed E-state index contributed by atoms with van der Waals surface area (Å²) in [6.45, 7) is -0.0815. The SMILES string of the molecule is O=C(N[C@@H]1N=C(c2c(Cl)cc(Cl)cc2Cl)c2ccccc2NC1=O)c1cc(F)cnc1OCc1cnccn1. The maximum atomic E-state index is 14.1. The molecule has 0 aliphatic carbocycles. The quantitative estimate of drug-likeness (QED) is 0.325. The summed E-state index contributed by atoms with van der Waals surface area (Å²) in [5.74, 6) is -2.48. The Labute approximate surface area is 236 Å². The summed E-state index contributed by atoms with van der Waals surface area (Å²) in [4.78, 5) is 42.9. The number of nitrogens with zero attached hydrogens (tertiary/aromatic N) is 4. The number of para-hydroxylation sites is 1. The van der Waals surface area contributed by atoms with Gasteiger partial charge in [0.1, 0.15) is 18.0 Å². The highest BCUT2D eigenvalue weighted by Crippen LogP contribution is 2.34. The standard InChI is InChI=1S/C26H16Cl3FN6O3/c27-13-7-18(28)21(19(29)8-13)22-16-3-1-2-4-20(16)34-25(38)23(35-22)36-24(37)17-9-14(30)10-33-26(17)39-12-15-11-31-5-6-32-15/h1-11,23H,12H2,(H,34,38)(H,36,37)/t23-/m0/s1. The zero-order valence-corrected chi connectivity index (χ0v) is 21.9. The van der Waals surface area contributed by atoms with Crippen molar-refractivity contribution in [3.8, 4) is 5.88 Å². The van der Waals surface area contributed by atoms with E-state index in [-0.39, 0.29) is 33.8 Å². The average molecular weight is 586 g/mol. The van der Waals surface area contributed by atoms with Crippen LogP contribution in [0.25, 0.3) is 0 Å². The number of hydrogen-bond donors (Lipinski definition) is 2. The first kappa shape index (κ1) is 26.5. The van der Waals surface area contributed by atoms with Gasteiger partial charge in [-0.25, -0.2) is 14.4 Å². The molecule has 3 heterocycles. The molecule has 0 saturated heterocycles. The highest BCUT2D eigenvalue weighted by Gasteiger charge is 2.30. The lowest BCUT2D eigenvalue weighted by atomic mass is 10.0. The predicted octanol–water partition coefficient (Wildman–Crippen LogP) is 5.10. The minimum absolute atomic E-state index is 0.0815. The number of ether oxygens (including phenoxy) is 1. The Morgan fingerprint density at radius 3 is 2.56 bits per heavy atom. The molecule has 2 amide bonds. The molecule has 1 atom stereocenters. The molecule has 1 aliphatic rings. The van der Waals surface area contributed by atoms with Gasteiger partial charge in [0.05, 0.1) is 39.5 Å². The summed E-state index contributed by atoms with van der Waals surface area (Å²) < 4.78 is 19.7. The second-order valence-electron chi connectivity index (χ2n) is 8.12. The van der Waals surface area contributed by atoms with Crippen LogP contribution in [0.5, 0.6) is 5.88 Å². The molecule has 0 bridgehead atoms. The summed E-state index contributed by atoms with van der Waals surface area (Å²) >= 11 is 19.0. The highest BCUT2D eigenvalue weighted by molar-refractivity contribution is 6.44. The lowest BCUT2D eigenvalue weighted by molar-refractivity contribution is -0.117.